The molecular formula is C15H25NS. The minimum atomic E-state index is 0.518. The van der Waals surface area contributed by atoms with Crippen LogP contribution in [0.4, 0.5) is 0 Å². The highest BCUT2D eigenvalue weighted by atomic mass is 32.2. The quantitative estimate of drug-likeness (QED) is 0.748. The minimum Gasteiger partial charge on any atom is -0.310 e. The molecule has 1 N–H and O–H groups in total. The van der Waals surface area contributed by atoms with Crippen molar-refractivity contribution in [2.75, 3.05) is 18.6 Å². The summed E-state index contributed by atoms with van der Waals surface area (Å²) >= 11 is 1.92. The number of hydrogen-bond donors (Lipinski definition) is 1. The molecule has 0 aliphatic rings. The van der Waals surface area contributed by atoms with Gasteiger partial charge in [-0.25, -0.2) is 0 Å². The number of thioether (sulfide) groups is 1. The van der Waals surface area contributed by atoms with Crippen LogP contribution in [0.15, 0.2) is 24.3 Å². The summed E-state index contributed by atoms with van der Waals surface area (Å²) in [6.07, 6.45) is 5.80. The Morgan fingerprint density at radius 1 is 1.29 bits per heavy atom. The van der Waals surface area contributed by atoms with Crippen LogP contribution in [0.1, 0.15) is 43.9 Å². The molecule has 0 heterocycles. The largest absolute Gasteiger partial charge is 0.310 e. The first-order chi connectivity index (χ1) is 8.31. The lowest BCUT2D eigenvalue weighted by molar-refractivity contribution is 0.540. The molecule has 1 unspecified atom stereocenters. The Morgan fingerprint density at radius 2 is 2.12 bits per heavy atom. The second-order valence-electron chi connectivity index (χ2n) is 4.39. The fourth-order valence-electron chi connectivity index (χ4n) is 2.12. The second kappa shape index (κ2) is 8.60. The van der Waals surface area contributed by atoms with Crippen molar-refractivity contribution in [3.63, 3.8) is 0 Å². The van der Waals surface area contributed by atoms with Gasteiger partial charge in [0.2, 0.25) is 0 Å². The van der Waals surface area contributed by atoms with E-state index in [0.717, 1.165) is 6.54 Å². The summed E-state index contributed by atoms with van der Waals surface area (Å²) in [7, 11) is 0. The minimum absolute atomic E-state index is 0.518. The van der Waals surface area contributed by atoms with Crippen LogP contribution < -0.4 is 5.32 Å². The summed E-state index contributed by atoms with van der Waals surface area (Å²) in [6.45, 7) is 5.46. The Bertz CT molecular complexity index is 312. The lowest BCUT2D eigenvalue weighted by Gasteiger charge is -2.18. The van der Waals surface area contributed by atoms with E-state index in [1.807, 2.05) is 11.8 Å². The molecular weight excluding hydrogens is 226 g/mol. The predicted molar refractivity (Wildman–Crippen MR) is 79.9 cm³/mol. The van der Waals surface area contributed by atoms with E-state index in [2.05, 4.69) is 49.7 Å². The van der Waals surface area contributed by atoms with Crippen molar-refractivity contribution in [2.45, 2.75) is 39.2 Å². The highest BCUT2D eigenvalue weighted by Crippen LogP contribution is 2.20. The molecule has 1 nitrogen and oxygen atoms in total. The standard InChI is InChI=1S/C15H25NS/c1-4-7-13-8-6-9-14(12-13)15(16-5-2)10-11-17-3/h6,8-9,12,15-16H,4-5,7,10-11H2,1-3H3. The number of rotatable bonds is 8. The maximum absolute atomic E-state index is 3.59. The molecule has 0 bridgehead atoms. The normalized spacial score (nSPS) is 12.6. The van der Waals surface area contributed by atoms with Crippen LogP contribution in [-0.4, -0.2) is 18.6 Å². The molecule has 0 saturated carbocycles. The molecule has 0 fully saturated rings. The van der Waals surface area contributed by atoms with Crippen molar-refractivity contribution >= 4 is 11.8 Å². The van der Waals surface area contributed by atoms with Gasteiger partial charge in [-0.05, 0) is 42.5 Å². The summed E-state index contributed by atoms with van der Waals surface area (Å²) in [5.41, 5.74) is 2.92. The Balaban J connectivity index is 2.73. The van der Waals surface area contributed by atoms with E-state index in [1.54, 1.807) is 0 Å². The average molecular weight is 251 g/mol. The van der Waals surface area contributed by atoms with E-state index in [1.165, 1.54) is 36.1 Å². The highest BCUT2D eigenvalue weighted by molar-refractivity contribution is 7.98. The summed E-state index contributed by atoms with van der Waals surface area (Å²) in [6, 6.07) is 9.59. The molecule has 0 aromatic heterocycles. The van der Waals surface area contributed by atoms with Crippen LogP contribution in [0.3, 0.4) is 0 Å². The van der Waals surface area contributed by atoms with Gasteiger partial charge in [-0.2, -0.15) is 11.8 Å². The van der Waals surface area contributed by atoms with Gasteiger partial charge in [0.25, 0.3) is 0 Å². The van der Waals surface area contributed by atoms with Gasteiger partial charge < -0.3 is 5.32 Å². The van der Waals surface area contributed by atoms with Crippen molar-refractivity contribution in [2.24, 2.45) is 0 Å². The second-order valence-corrected chi connectivity index (χ2v) is 5.37. The van der Waals surface area contributed by atoms with E-state index in [9.17, 15) is 0 Å². The first kappa shape index (κ1) is 14.6. The van der Waals surface area contributed by atoms with Crippen molar-refractivity contribution < 1.29 is 0 Å². The van der Waals surface area contributed by atoms with Crippen LogP contribution in [0.2, 0.25) is 0 Å². The van der Waals surface area contributed by atoms with Gasteiger partial charge in [0.05, 0.1) is 0 Å². The molecule has 0 saturated heterocycles. The molecule has 2 heteroatoms. The van der Waals surface area contributed by atoms with Crippen LogP contribution >= 0.6 is 11.8 Å². The third kappa shape index (κ3) is 5.13. The summed E-state index contributed by atoms with van der Waals surface area (Å²) in [4.78, 5) is 0. The molecule has 96 valence electrons. The fraction of sp³-hybridized carbons (Fsp3) is 0.600. The van der Waals surface area contributed by atoms with Gasteiger partial charge in [0.1, 0.15) is 0 Å². The van der Waals surface area contributed by atoms with Crippen molar-refractivity contribution in [1.82, 2.24) is 5.32 Å². The van der Waals surface area contributed by atoms with Gasteiger partial charge in [-0.3, -0.25) is 0 Å². The first-order valence-corrected chi connectivity index (χ1v) is 8.02. The van der Waals surface area contributed by atoms with Gasteiger partial charge in [-0.15, -0.1) is 0 Å². The number of nitrogens with one attached hydrogen (secondary N) is 1. The molecule has 1 atom stereocenters. The smallest absolute Gasteiger partial charge is 0.0328 e. The first-order valence-electron chi connectivity index (χ1n) is 6.63. The fourth-order valence-corrected chi connectivity index (χ4v) is 2.59. The molecule has 0 amide bonds. The summed E-state index contributed by atoms with van der Waals surface area (Å²) < 4.78 is 0. The molecule has 0 aliphatic heterocycles. The number of hydrogen-bond acceptors (Lipinski definition) is 2. The molecule has 17 heavy (non-hydrogen) atoms. The van der Waals surface area contributed by atoms with Crippen molar-refractivity contribution in [3.05, 3.63) is 35.4 Å². The predicted octanol–water partition coefficient (Wildman–Crippen LogP) is 4.04. The third-order valence-corrected chi connectivity index (χ3v) is 3.60. The lowest BCUT2D eigenvalue weighted by Crippen LogP contribution is -2.21. The zero-order chi connectivity index (χ0) is 12.5. The molecule has 0 aliphatic carbocycles. The molecule has 1 aromatic carbocycles. The zero-order valence-corrected chi connectivity index (χ0v) is 12.1. The Hall–Kier alpha value is -0.470. The third-order valence-electron chi connectivity index (χ3n) is 2.95. The van der Waals surface area contributed by atoms with Gasteiger partial charge in [0, 0.05) is 6.04 Å². The van der Waals surface area contributed by atoms with Crippen molar-refractivity contribution in [1.29, 1.82) is 0 Å². The molecule has 1 aromatic rings. The average Bonchev–Trinajstić information content (AvgIpc) is 2.35. The Morgan fingerprint density at radius 3 is 2.76 bits per heavy atom. The van der Waals surface area contributed by atoms with E-state index in [-0.39, 0.29) is 0 Å². The van der Waals surface area contributed by atoms with Crippen LogP contribution in [0.5, 0.6) is 0 Å². The molecule has 1 rings (SSSR count). The zero-order valence-electron chi connectivity index (χ0n) is 11.3. The number of benzene rings is 1. The van der Waals surface area contributed by atoms with Gasteiger partial charge in [0.15, 0.2) is 0 Å². The van der Waals surface area contributed by atoms with E-state index in [4.69, 9.17) is 0 Å². The maximum Gasteiger partial charge on any atom is 0.0328 e. The van der Waals surface area contributed by atoms with Crippen molar-refractivity contribution in [3.8, 4) is 0 Å². The summed E-state index contributed by atoms with van der Waals surface area (Å²) in [5, 5.41) is 3.59. The lowest BCUT2D eigenvalue weighted by atomic mass is 10.00. The topological polar surface area (TPSA) is 12.0 Å². The Kier molecular flexibility index (Phi) is 7.38. The van der Waals surface area contributed by atoms with Crippen LogP contribution in [-0.2, 0) is 6.42 Å². The summed E-state index contributed by atoms with van der Waals surface area (Å²) in [5.74, 6) is 1.22. The number of aryl methyl sites for hydroxylation is 1. The Labute approximate surface area is 110 Å². The van der Waals surface area contributed by atoms with Gasteiger partial charge >= 0.3 is 0 Å². The van der Waals surface area contributed by atoms with E-state index in [0.29, 0.717) is 6.04 Å². The van der Waals surface area contributed by atoms with Crippen LogP contribution in [0, 0.1) is 0 Å². The molecule has 0 radical (unpaired) electrons. The maximum atomic E-state index is 3.59. The van der Waals surface area contributed by atoms with E-state index < -0.39 is 0 Å². The molecule has 0 spiro atoms. The van der Waals surface area contributed by atoms with Crippen LogP contribution in [0.25, 0.3) is 0 Å². The highest BCUT2D eigenvalue weighted by Gasteiger charge is 2.09. The SMILES string of the molecule is CCCc1cccc(C(CCSC)NCC)c1. The monoisotopic (exact) mass is 251 g/mol. The van der Waals surface area contributed by atoms with E-state index >= 15 is 0 Å². The van der Waals surface area contributed by atoms with Gasteiger partial charge in [-0.1, -0.05) is 44.5 Å².